The molecule has 0 saturated heterocycles. The lowest BCUT2D eigenvalue weighted by atomic mass is 10.0. The Morgan fingerprint density at radius 2 is 1.70 bits per heavy atom. The molecule has 1 atom stereocenters. The molecule has 1 amide bonds. The molecule has 0 spiro atoms. The number of sulfonamides is 1. The number of carbonyl (C=O) groups excluding carboxylic acids is 1. The average molecular weight is 332 g/mol. The van der Waals surface area contributed by atoms with E-state index >= 15 is 0 Å². The Morgan fingerprint density at radius 3 is 2.26 bits per heavy atom. The molecule has 0 aliphatic rings. The minimum Gasteiger partial charge on any atom is -0.366 e. The zero-order valence-electron chi connectivity index (χ0n) is 13.3. The first-order valence-corrected chi connectivity index (χ1v) is 8.68. The Hall–Kier alpha value is -2.18. The second-order valence-electron chi connectivity index (χ2n) is 5.59. The topological polar surface area (TPSA) is 89.3 Å². The van der Waals surface area contributed by atoms with Gasteiger partial charge in [0.05, 0.1) is 4.90 Å². The first-order chi connectivity index (χ1) is 10.7. The smallest absolute Gasteiger partial charge is 0.248 e. The van der Waals surface area contributed by atoms with E-state index in [1.807, 2.05) is 32.0 Å². The van der Waals surface area contributed by atoms with Gasteiger partial charge in [-0.3, -0.25) is 4.79 Å². The Kier molecular flexibility index (Phi) is 4.87. The van der Waals surface area contributed by atoms with E-state index in [0.717, 1.165) is 16.7 Å². The predicted octanol–water partition coefficient (Wildman–Crippen LogP) is 2.44. The number of rotatable bonds is 5. The van der Waals surface area contributed by atoms with E-state index in [0.29, 0.717) is 0 Å². The Morgan fingerprint density at radius 1 is 1.09 bits per heavy atom. The lowest BCUT2D eigenvalue weighted by Crippen LogP contribution is -2.27. The molecule has 5 nitrogen and oxygen atoms in total. The van der Waals surface area contributed by atoms with Crippen LogP contribution in [0.15, 0.2) is 47.4 Å². The summed E-state index contributed by atoms with van der Waals surface area (Å²) >= 11 is 0. The van der Waals surface area contributed by atoms with Gasteiger partial charge in [-0.2, -0.15) is 0 Å². The summed E-state index contributed by atoms with van der Waals surface area (Å²) in [4.78, 5) is 11.1. The first-order valence-electron chi connectivity index (χ1n) is 7.20. The van der Waals surface area contributed by atoms with Crippen LogP contribution in [0.5, 0.6) is 0 Å². The molecule has 2 aromatic rings. The van der Waals surface area contributed by atoms with Crippen LogP contribution in [0.1, 0.15) is 40.0 Å². The lowest BCUT2D eigenvalue weighted by molar-refractivity contribution is 0.1000. The molecule has 0 bridgehead atoms. The predicted molar refractivity (Wildman–Crippen MR) is 89.6 cm³/mol. The monoisotopic (exact) mass is 332 g/mol. The highest BCUT2D eigenvalue weighted by molar-refractivity contribution is 7.89. The van der Waals surface area contributed by atoms with Gasteiger partial charge in [-0.1, -0.05) is 23.8 Å². The van der Waals surface area contributed by atoms with Gasteiger partial charge in [0.15, 0.2) is 0 Å². The van der Waals surface area contributed by atoms with E-state index in [9.17, 15) is 13.2 Å². The van der Waals surface area contributed by atoms with E-state index in [4.69, 9.17) is 5.73 Å². The van der Waals surface area contributed by atoms with E-state index in [2.05, 4.69) is 4.72 Å². The number of amides is 1. The fourth-order valence-corrected chi connectivity index (χ4v) is 3.61. The van der Waals surface area contributed by atoms with Gasteiger partial charge < -0.3 is 5.73 Å². The van der Waals surface area contributed by atoms with Crippen molar-refractivity contribution in [2.45, 2.75) is 31.7 Å². The van der Waals surface area contributed by atoms with Crippen molar-refractivity contribution < 1.29 is 13.2 Å². The van der Waals surface area contributed by atoms with E-state index in [-0.39, 0.29) is 16.5 Å². The van der Waals surface area contributed by atoms with Crippen LogP contribution in [0.4, 0.5) is 0 Å². The van der Waals surface area contributed by atoms with Crippen LogP contribution in [0.25, 0.3) is 0 Å². The number of primary amides is 1. The maximum absolute atomic E-state index is 12.5. The highest BCUT2D eigenvalue weighted by Gasteiger charge is 2.19. The van der Waals surface area contributed by atoms with E-state index < -0.39 is 15.9 Å². The number of carbonyl (C=O) groups is 1. The molecule has 23 heavy (non-hydrogen) atoms. The molecule has 2 rings (SSSR count). The largest absolute Gasteiger partial charge is 0.366 e. The highest BCUT2D eigenvalue weighted by atomic mass is 32.2. The summed E-state index contributed by atoms with van der Waals surface area (Å²) in [6.45, 7) is 5.71. The van der Waals surface area contributed by atoms with Crippen molar-refractivity contribution in [1.82, 2.24) is 4.72 Å². The molecular formula is C17H20N2O3S. The summed E-state index contributed by atoms with van der Waals surface area (Å²) in [6, 6.07) is 11.1. The van der Waals surface area contributed by atoms with Gasteiger partial charge in [-0.05, 0) is 56.2 Å². The minimum absolute atomic E-state index is 0.0969. The zero-order valence-corrected chi connectivity index (χ0v) is 14.1. The van der Waals surface area contributed by atoms with Crippen molar-refractivity contribution in [1.29, 1.82) is 0 Å². The average Bonchev–Trinajstić information content (AvgIpc) is 2.49. The highest BCUT2D eigenvalue weighted by Crippen LogP contribution is 2.21. The summed E-state index contributed by atoms with van der Waals surface area (Å²) in [5.74, 6) is -0.592. The zero-order chi connectivity index (χ0) is 17.2. The van der Waals surface area contributed by atoms with Gasteiger partial charge in [-0.15, -0.1) is 0 Å². The Balaban J connectivity index is 2.26. The number of nitrogens with two attached hydrogens (primary N) is 1. The van der Waals surface area contributed by atoms with Crippen LogP contribution in [0.3, 0.4) is 0 Å². The van der Waals surface area contributed by atoms with E-state index in [1.54, 1.807) is 6.92 Å². The van der Waals surface area contributed by atoms with Crippen LogP contribution in [-0.2, 0) is 10.0 Å². The third-order valence-electron chi connectivity index (χ3n) is 3.68. The first kappa shape index (κ1) is 17.2. The van der Waals surface area contributed by atoms with Gasteiger partial charge in [0, 0.05) is 11.6 Å². The Bertz CT molecular complexity index is 827. The molecular weight excluding hydrogens is 312 g/mol. The third kappa shape index (κ3) is 3.97. The minimum atomic E-state index is -3.68. The molecule has 0 heterocycles. The standard InChI is InChI=1S/C17H20N2O3S/c1-11-4-5-12(2)16(10-11)13(3)19-23(21,22)15-8-6-14(7-9-15)17(18)20/h4-10,13,19H,1-3H3,(H2,18,20)/t13-/m1/s1. The molecule has 0 aromatic heterocycles. The molecule has 6 heteroatoms. The summed E-state index contributed by atoms with van der Waals surface area (Å²) in [7, 11) is -3.68. The van der Waals surface area contributed by atoms with Crippen LogP contribution >= 0.6 is 0 Å². The second-order valence-corrected chi connectivity index (χ2v) is 7.31. The van der Waals surface area contributed by atoms with Crippen molar-refractivity contribution >= 4 is 15.9 Å². The fraction of sp³-hybridized carbons (Fsp3) is 0.235. The third-order valence-corrected chi connectivity index (χ3v) is 5.24. The fourth-order valence-electron chi connectivity index (χ4n) is 2.39. The molecule has 0 unspecified atom stereocenters. The second kappa shape index (κ2) is 6.52. The molecule has 0 saturated carbocycles. The van der Waals surface area contributed by atoms with Crippen molar-refractivity contribution in [2.75, 3.05) is 0 Å². The molecule has 0 aliphatic heterocycles. The molecule has 122 valence electrons. The molecule has 3 N–H and O–H groups in total. The summed E-state index contributed by atoms with van der Waals surface area (Å²) < 4.78 is 27.6. The normalized spacial score (nSPS) is 12.8. The van der Waals surface area contributed by atoms with E-state index in [1.165, 1.54) is 24.3 Å². The van der Waals surface area contributed by atoms with Crippen LogP contribution in [-0.4, -0.2) is 14.3 Å². The quantitative estimate of drug-likeness (QED) is 0.881. The van der Waals surface area contributed by atoms with Gasteiger partial charge in [-0.25, -0.2) is 13.1 Å². The molecule has 0 aliphatic carbocycles. The Labute approximate surface area is 136 Å². The van der Waals surface area contributed by atoms with Crippen molar-refractivity contribution in [3.63, 3.8) is 0 Å². The van der Waals surface area contributed by atoms with Crippen LogP contribution in [0.2, 0.25) is 0 Å². The van der Waals surface area contributed by atoms with Gasteiger partial charge >= 0.3 is 0 Å². The summed E-state index contributed by atoms with van der Waals surface area (Å²) in [5.41, 5.74) is 8.45. The summed E-state index contributed by atoms with van der Waals surface area (Å²) in [5, 5.41) is 0. The lowest BCUT2D eigenvalue weighted by Gasteiger charge is -2.17. The number of aryl methyl sites for hydroxylation is 2. The molecule has 0 radical (unpaired) electrons. The van der Waals surface area contributed by atoms with Crippen LogP contribution in [0, 0.1) is 13.8 Å². The maximum Gasteiger partial charge on any atom is 0.248 e. The van der Waals surface area contributed by atoms with Crippen molar-refractivity contribution in [2.24, 2.45) is 5.73 Å². The number of hydrogen-bond acceptors (Lipinski definition) is 3. The maximum atomic E-state index is 12.5. The van der Waals surface area contributed by atoms with Crippen molar-refractivity contribution in [3.8, 4) is 0 Å². The van der Waals surface area contributed by atoms with Gasteiger partial charge in [0.2, 0.25) is 15.9 Å². The van der Waals surface area contributed by atoms with Crippen molar-refractivity contribution in [3.05, 3.63) is 64.7 Å². The number of hydrogen-bond donors (Lipinski definition) is 2. The van der Waals surface area contributed by atoms with Gasteiger partial charge in [0.25, 0.3) is 0 Å². The van der Waals surface area contributed by atoms with Crippen LogP contribution < -0.4 is 10.5 Å². The molecule has 2 aromatic carbocycles. The SMILES string of the molecule is Cc1ccc(C)c([C@@H](C)NS(=O)(=O)c2ccc(C(N)=O)cc2)c1. The molecule has 0 fully saturated rings. The van der Waals surface area contributed by atoms with Gasteiger partial charge in [0.1, 0.15) is 0 Å². The number of benzene rings is 2. The summed E-state index contributed by atoms with van der Waals surface area (Å²) in [6.07, 6.45) is 0. The number of nitrogens with one attached hydrogen (secondary N) is 1.